The van der Waals surface area contributed by atoms with E-state index in [0.717, 1.165) is 11.1 Å². The van der Waals surface area contributed by atoms with Crippen LogP contribution in [-0.2, 0) is 0 Å². The van der Waals surface area contributed by atoms with Crippen LogP contribution in [0.5, 0.6) is 11.5 Å². The van der Waals surface area contributed by atoms with Crippen molar-refractivity contribution in [2.45, 2.75) is 6.10 Å². The molecular formula is C9H8BrClO2. The second-order valence-corrected chi connectivity index (χ2v) is 3.83. The molecule has 0 fully saturated rings. The molecule has 1 atom stereocenters. The molecule has 2 rings (SSSR count). The molecule has 0 amide bonds. The first-order valence-electron chi connectivity index (χ1n) is 3.95. The van der Waals surface area contributed by atoms with E-state index < -0.39 is 0 Å². The Labute approximate surface area is 89.9 Å². The number of para-hydroxylation sites is 1. The number of benzene rings is 1. The highest BCUT2D eigenvalue weighted by molar-refractivity contribution is 9.09. The highest BCUT2D eigenvalue weighted by atomic mass is 79.9. The second kappa shape index (κ2) is 3.76. The Morgan fingerprint density at radius 2 is 2.38 bits per heavy atom. The molecule has 1 aromatic carbocycles. The number of halogens is 2. The van der Waals surface area contributed by atoms with Crippen LogP contribution in [0.2, 0.25) is 5.02 Å². The van der Waals surface area contributed by atoms with Crippen LogP contribution in [0.4, 0.5) is 0 Å². The van der Waals surface area contributed by atoms with E-state index in [9.17, 15) is 0 Å². The molecule has 70 valence electrons. The number of rotatable bonds is 1. The lowest BCUT2D eigenvalue weighted by Crippen LogP contribution is -2.30. The molecule has 0 bridgehead atoms. The van der Waals surface area contributed by atoms with Crippen molar-refractivity contribution in [2.75, 3.05) is 11.9 Å². The number of fused-ring (bicyclic) bond motifs is 1. The van der Waals surface area contributed by atoms with Gasteiger partial charge in [0.05, 0.1) is 5.02 Å². The average Bonchev–Trinajstić information content (AvgIpc) is 2.18. The molecule has 13 heavy (non-hydrogen) atoms. The molecular weight excluding hydrogens is 255 g/mol. The summed E-state index contributed by atoms with van der Waals surface area (Å²) < 4.78 is 11.1. The fourth-order valence-electron chi connectivity index (χ4n) is 1.18. The summed E-state index contributed by atoms with van der Waals surface area (Å²) in [6.07, 6.45) is 0.0485. The fourth-order valence-corrected chi connectivity index (χ4v) is 1.71. The highest BCUT2D eigenvalue weighted by Crippen LogP contribution is 2.38. The van der Waals surface area contributed by atoms with E-state index >= 15 is 0 Å². The molecule has 1 aliphatic heterocycles. The summed E-state index contributed by atoms with van der Waals surface area (Å²) in [7, 11) is 0. The monoisotopic (exact) mass is 262 g/mol. The minimum Gasteiger partial charge on any atom is -0.486 e. The number of hydrogen-bond acceptors (Lipinski definition) is 2. The van der Waals surface area contributed by atoms with Gasteiger partial charge in [0.15, 0.2) is 11.5 Å². The van der Waals surface area contributed by atoms with Gasteiger partial charge in [-0.15, -0.1) is 0 Å². The molecule has 0 aliphatic carbocycles. The van der Waals surface area contributed by atoms with Crippen molar-refractivity contribution in [3.63, 3.8) is 0 Å². The standard InChI is InChI=1S/C9H8BrClO2/c10-4-6-5-12-8-3-1-2-7(11)9(8)13-6/h1-3,6H,4-5H2. The number of ether oxygens (including phenoxy) is 2. The summed E-state index contributed by atoms with van der Waals surface area (Å²) in [5, 5.41) is 1.35. The van der Waals surface area contributed by atoms with Crippen molar-refractivity contribution in [1.29, 1.82) is 0 Å². The Hall–Kier alpha value is -0.410. The zero-order valence-corrected chi connectivity index (χ0v) is 9.14. The zero-order valence-electron chi connectivity index (χ0n) is 6.80. The smallest absolute Gasteiger partial charge is 0.180 e. The van der Waals surface area contributed by atoms with Gasteiger partial charge in [0, 0.05) is 5.33 Å². The molecule has 0 N–H and O–H groups in total. The first-order valence-corrected chi connectivity index (χ1v) is 5.45. The van der Waals surface area contributed by atoms with E-state index in [1.54, 1.807) is 6.07 Å². The molecule has 1 unspecified atom stereocenters. The zero-order chi connectivity index (χ0) is 9.26. The number of hydrogen-bond donors (Lipinski definition) is 0. The predicted molar refractivity (Wildman–Crippen MR) is 55.2 cm³/mol. The lowest BCUT2D eigenvalue weighted by molar-refractivity contribution is 0.108. The van der Waals surface area contributed by atoms with Crippen LogP contribution >= 0.6 is 27.5 Å². The lowest BCUT2D eigenvalue weighted by Gasteiger charge is -2.25. The third kappa shape index (κ3) is 1.76. The lowest BCUT2D eigenvalue weighted by atomic mass is 10.3. The molecule has 1 aliphatic rings. The Balaban J connectivity index is 2.32. The summed E-state index contributed by atoms with van der Waals surface area (Å²) >= 11 is 9.28. The van der Waals surface area contributed by atoms with E-state index in [1.165, 1.54) is 0 Å². The fraction of sp³-hybridized carbons (Fsp3) is 0.333. The minimum absolute atomic E-state index is 0.0485. The van der Waals surface area contributed by atoms with Gasteiger partial charge in [-0.1, -0.05) is 33.6 Å². The Morgan fingerprint density at radius 1 is 1.54 bits per heavy atom. The van der Waals surface area contributed by atoms with Crippen LogP contribution in [0.3, 0.4) is 0 Å². The van der Waals surface area contributed by atoms with Gasteiger partial charge >= 0.3 is 0 Å². The van der Waals surface area contributed by atoms with Gasteiger partial charge in [0.1, 0.15) is 12.7 Å². The summed E-state index contributed by atoms with van der Waals surface area (Å²) in [4.78, 5) is 0. The van der Waals surface area contributed by atoms with Crippen molar-refractivity contribution in [2.24, 2.45) is 0 Å². The average molecular weight is 264 g/mol. The molecule has 2 nitrogen and oxygen atoms in total. The maximum Gasteiger partial charge on any atom is 0.180 e. The third-order valence-corrected chi connectivity index (χ3v) is 2.83. The highest BCUT2D eigenvalue weighted by Gasteiger charge is 2.21. The first kappa shape index (κ1) is 9.16. The molecule has 1 heterocycles. The molecule has 0 saturated heterocycles. The largest absolute Gasteiger partial charge is 0.486 e. The van der Waals surface area contributed by atoms with Gasteiger partial charge in [-0.05, 0) is 12.1 Å². The molecule has 0 aromatic heterocycles. The maximum absolute atomic E-state index is 5.94. The predicted octanol–water partition coefficient (Wildman–Crippen LogP) is 2.87. The van der Waals surface area contributed by atoms with Crippen LogP contribution in [0.1, 0.15) is 0 Å². The second-order valence-electron chi connectivity index (χ2n) is 2.77. The first-order chi connectivity index (χ1) is 6.31. The Bertz CT molecular complexity index is 316. The van der Waals surface area contributed by atoms with Crippen molar-refractivity contribution in [3.8, 4) is 11.5 Å². The van der Waals surface area contributed by atoms with E-state index in [1.807, 2.05) is 12.1 Å². The van der Waals surface area contributed by atoms with Gasteiger partial charge in [0.2, 0.25) is 0 Å². The summed E-state index contributed by atoms with van der Waals surface area (Å²) in [5.74, 6) is 1.38. The maximum atomic E-state index is 5.94. The normalized spacial score (nSPS) is 20.0. The van der Waals surface area contributed by atoms with E-state index in [0.29, 0.717) is 17.4 Å². The van der Waals surface area contributed by atoms with Crippen LogP contribution in [-0.4, -0.2) is 18.0 Å². The van der Waals surface area contributed by atoms with Crippen LogP contribution in [0, 0.1) is 0 Å². The van der Waals surface area contributed by atoms with Crippen molar-refractivity contribution >= 4 is 27.5 Å². The van der Waals surface area contributed by atoms with Crippen molar-refractivity contribution < 1.29 is 9.47 Å². The quantitative estimate of drug-likeness (QED) is 0.725. The van der Waals surface area contributed by atoms with Gasteiger partial charge < -0.3 is 9.47 Å². The minimum atomic E-state index is 0.0485. The topological polar surface area (TPSA) is 18.5 Å². The van der Waals surface area contributed by atoms with Crippen LogP contribution in [0.15, 0.2) is 18.2 Å². The Kier molecular flexibility index (Phi) is 2.65. The van der Waals surface area contributed by atoms with Crippen molar-refractivity contribution in [1.82, 2.24) is 0 Å². The summed E-state index contributed by atoms with van der Waals surface area (Å²) in [6.45, 7) is 0.568. The van der Waals surface area contributed by atoms with Gasteiger partial charge in [-0.2, -0.15) is 0 Å². The van der Waals surface area contributed by atoms with Crippen LogP contribution < -0.4 is 9.47 Å². The SMILES string of the molecule is Clc1cccc2c1OC(CBr)CO2. The molecule has 4 heteroatoms. The Morgan fingerprint density at radius 3 is 3.15 bits per heavy atom. The molecule has 0 saturated carbocycles. The third-order valence-electron chi connectivity index (χ3n) is 1.81. The van der Waals surface area contributed by atoms with E-state index in [2.05, 4.69) is 15.9 Å². The summed E-state index contributed by atoms with van der Waals surface area (Å²) in [6, 6.07) is 5.49. The molecule has 1 aromatic rings. The van der Waals surface area contributed by atoms with E-state index in [-0.39, 0.29) is 6.10 Å². The van der Waals surface area contributed by atoms with Crippen LogP contribution in [0.25, 0.3) is 0 Å². The number of alkyl halides is 1. The molecule has 0 spiro atoms. The molecule has 0 radical (unpaired) electrons. The van der Waals surface area contributed by atoms with Crippen molar-refractivity contribution in [3.05, 3.63) is 23.2 Å². The van der Waals surface area contributed by atoms with E-state index in [4.69, 9.17) is 21.1 Å². The van der Waals surface area contributed by atoms with Gasteiger partial charge in [-0.3, -0.25) is 0 Å². The van der Waals surface area contributed by atoms with Gasteiger partial charge in [-0.25, -0.2) is 0 Å². The van der Waals surface area contributed by atoms with Gasteiger partial charge in [0.25, 0.3) is 0 Å². The summed E-state index contributed by atoms with van der Waals surface area (Å²) in [5.41, 5.74) is 0.